The number of hydrogen-bond acceptors (Lipinski definition) is 5. The van der Waals surface area contributed by atoms with Crippen LogP contribution in [-0.2, 0) is 14.8 Å². The molecule has 0 saturated heterocycles. The summed E-state index contributed by atoms with van der Waals surface area (Å²) in [5, 5.41) is 12.9. The Kier molecular flexibility index (Phi) is 5.67. The number of carbonyl (C=O) groups is 1. The number of carbonyl (C=O) groups excluding carboxylic acids is 1. The molecule has 8 heteroatoms. The Hall–Kier alpha value is -2.71. The molecule has 0 fully saturated rings. The number of likely N-dealkylation sites (N-methyl/N-ethyl adjacent to an activating group) is 1. The maximum absolute atomic E-state index is 12.3. The third-order valence-electron chi connectivity index (χ3n) is 3.11. The lowest BCUT2D eigenvalue weighted by Crippen LogP contribution is -2.36. The molecule has 2 N–H and O–H groups in total. The van der Waals surface area contributed by atoms with Crippen molar-refractivity contribution in [1.29, 1.82) is 0 Å². The number of hydrazone groups is 1. The first-order chi connectivity index (χ1) is 11.4. The van der Waals surface area contributed by atoms with Crippen molar-refractivity contribution in [2.24, 2.45) is 5.10 Å². The molecular formula is C16H17N3O4S. The molecule has 0 atom stereocenters. The van der Waals surface area contributed by atoms with Crippen molar-refractivity contribution in [2.45, 2.75) is 4.90 Å². The first-order valence-electron chi connectivity index (χ1n) is 7.02. The van der Waals surface area contributed by atoms with E-state index in [1.54, 1.807) is 30.3 Å². The van der Waals surface area contributed by atoms with E-state index < -0.39 is 15.9 Å². The van der Waals surface area contributed by atoms with Crippen molar-refractivity contribution < 1.29 is 18.3 Å². The average molecular weight is 347 g/mol. The predicted octanol–water partition coefficient (Wildman–Crippen LogP) is 1.16. The van der Waals surface area contributed by atoms with Crippen LogP contribution in [0.5, 0.6) is 5.75 Å². The summed E-state index contributed by atoms with van der Waals surface area (Å²) in [5.74, 6) is -0.434. The van der Waals surface area contributed by atoms with E-state index in [0.29, 0.717) is 5.56 Å². The minimum absolute atomic E-state index is 0.118. The second kappa shape index (κ2) is 7.71. The van der Waals surface area contributed by atoms with Crippen LogP contribution in [0.3, 0.4) is 0 Å². The Morgan fingerprint density at radius 1 is 1.17 bits per heavy atom. The largest absolute Gasteiger partial charge is 0.508 e. The molecule has 24 heavy (non-hydrogen) atoms. The molecule has 0 unspecified atom stereocenters. The Labute approximate surface area is 140 Å². The van der Waals surface area contributed by atoms with Gasteiger partial charge in [0.1, 0.15) is 5.75 Å². The van der Waals surface area contributed by atoms with E-state index in [2.05, 4.69) is 10.5 Å². The lowest BCUT2D eigenvalue weighted by Gasteiger charge is -2.15. The fraction of sp³-hybridized carbons (Fsp3) is 0.125. The van der Waals surface area contributed by atoms with Gasteiger partial charge in [0, 0.05) is 7.05 Å². The zero-order valence-electron chi connectivity index (χ0n) is 13.0. The SMILES string of the molecule is CN(CC(=O)NN=Cc1ccc(O)cc1)S(=O)(=O)c1ccccc1. The zero-order valence-corrected chi connectivity index (χ0v) is 13.8. The number of hydrogen-bond donors (Lipinski definition) is 2. The molecule has 1 amide bonds. The number of nitrogens with one attached hydrogen (secondary N) is 1. The highest BCUT2D eigenvalue weighted by molar-refractivity contribution is 7.89. The molecule has 0 bridgehead atoms. The van der Waals surface area contributed by atoms with Crippen LogP contribution in [0.15, 0.2) is 64.6 Å². The summed E-state index contributed by atoms with van der Waals surface area (Å²) < 4.78 is 25.5. The van der Waals surface area contributed by atoms with E-state index in [0.717, 1.165) is 4.31 Å². The monoisotopic (exact) mass is 347 g/mol. The van der Waals surface area contributed by atoms with Gasteiger partial charge in [-0.2, -0.15) is 9.41 Å². The number of rotatable bonds is 6. The normalized spacial score (nSPS) is 11.8. The van der Waals surface area contributed by atoms with E-state index >= 15 is 0 Å². The molecule has 0 heterocycles. The smallest absolute Gasteiger partial charge is 0.255 e. The standard InChI is InChI=1S/C16H17N3O4S/c1-19(24(22,23)15-5-3-2-4-6-15)12-16(21)18-17-11-13-7-9-14(20)10-8-13/h2-11,20H,12H2,1H3,(H,18,21). The summed E-state index contributed by atoms with van der Waals surface area (Å²) in [6.45, 7) is -0.357. The Morgan fingerprint density at radius 3 is 2.42 bits per heavy atom. The van der Waals surface area contributed by atoms with Crippen LogP contribution in [0.2, 0.25) is 0 Å². The fourth-order valence-electron chi connectivity index (χ4n) is 1.83. The van der Waals surface area contributed by atoms with Crippen LogP contribution in [-0.4, -0.2) is 43.5 Å². The topological polar surface area (TPSA) is 99.1 Å². The zero-order chi connectivity index (χ0) is 17.6. The molecule has 0 aliphatic heterocycles. The number of amides is 1. The Balaban J connectivity index is 1.93. The number of phenols is 1. The van der Waals surface area contributed by atoms with Gasteiger partial charge in [-0.05, 0) is 42.0 Å². The highest BCUT2D eigenvalue weighted by Crippen LogP contribution is 2.12. The highest BCUT2D eigenvalue weighted by atomic mass is 32.2. The minimum atomic E-state index is -3.72. The van der Waals surface area contributed by atoms with Gasteiger partial charge in [-0.1, -0.05) is 18.2 Å². The quantitative estimate of drug-likeness (QED) is 0.605. The van der Waals surface area contributed by atoms with Gasteiger partial charge in [0.15, 0.2) is 0 Å². The Morgan fingerprint density at radius 2 is 1.79 bits per heavy atom. The van der Waals surface area contributed by atoms with E-state index in [-0.39, 0.29) is 17.2 Å². The van der Waals surface area contributed by atoms with Gasteiger partial charge in [-0.15, -0.1) is 0 Å². The lowest BCUT2D eigenvalue weighted by molar-refractivity contribution is -0.121. The van der Waals surface area contributed by atoms with Crippen LogP contribution in [0, 0.1) is 0 Å². The average Bonchev–Trinajstić information content (AvgIpc) is 2.57. The van der Waals surface area contributed by atoms with E-state index in [4.69, 9.17) is 5.11 Å². The molecule has 0 saturated carbocycles. The first-order valence-corrected chi connectivity index (χ1v) is 8.46. The van der Waals surface area contributed by atoms with Gasteiger partial charge >= 0.3 is 0 Å². The molecule has 2 rings (SSSR count). The molecule has 126 valence electrons. The van der Waals surface area contributed by atoms with Crippen molar-refractivity contribution in [3.05, 3.63) is 60.2 Å². The highest BCUT2D eigenvalue weighted by Gasteiger charge is 2.22. The van der Waals surface area contributed by atoms with Gasteiger partial charge in [-0.3, -0.25) is 4.79 Å². The van der Waals surface area contributed by atoms with Gasteiger partial charge in [0.05, 0.1) is 17.7 Å². The third-order valence-corrected chi connectivity index (χ3v) is 4.93. The second-order valence-electron chi connectivity index (χ2n) is 4.96. The van der Waals surface area contributed by atoms with E-state index in [1.165, 1.54) is 37.5 Å². The molecule has 0 aliphatic rings. The third kappa shape index (κ3) is 4.64. The van der Waals surface area contributed by atoms with Gasteiger partial charge in [0.2, 0.25) is 10.0 Å². The number of aromatic hydroxyl groups is 1. The number of nitrogens with zero attached hydrogens (tertiary/aromatic N) is 2. The van der Waals surface area contributed by atoms with Crippen LogP contribution >= 0.6 is 0 Å². The number of phenolic OH excluding ortho intramolecular Hbond substituents is 1. The van der Waals surface area contributed by atoms with Crippen LogP contribution in [0.25, 0.3) is 0 Å². The summed E-state index contributed by atoms with van der Waals surface area (Å²) in [5.41, 5.74) is 2.94. The predicted molar refractivity (Wildman–Crippen MR) is 90.1 cm³/mol. The molecule has 0 spiro atoms. The fourth-order valence-corrected chi connectivity index (χ4v) is 2.98. The van der Waals surface area contributed by atoms with Crippen LogP contribution < -0.4 is 5.43 Å². The Bertz CT molecular complexity index is 818. The first kappa shape index (κ1) is 17.6. The summed E-state index contributed by atoms with van der Waals surface area (Å²) in [6.07, 6.45) is 1.39. The summed E-state index contributed by atoms with van der Waals surface area (Å²) in [7, 11) is -2.40. The molecule has 7 nitrogen and oxygen atoms in total. The summed E-state index contributed by atoms with van der Waals surface area (Å²) in [6, 6.07) is 14.1. The minimum Gasteiger partial charge on any atom is -0.508 e. The number of benzene rings is 2. The molecule has 2 aromatic carbocycles. The lowest BCUT2D eigenvalue weighted by atomic mass is 10.2. The van der Waals surface area contributed by atoms with Gasteiger partial charge < -0.3 is 5.11 Å². The summed E-state index contributed by atoms with van der Waals surface area (Å²) in [4.78, 5) is 11.9. The molecule has 0 aromatic heterocycles. The van der Waals surface area contributed by atoms with Crippen molar-refractivity contribution in [2.75, 3.05) is 13.6 Å². The van der Waals surface area contributed by atoms with Crippen LogP contribution in [0.4, 0.5) is 0 Å². The molecule has 0 aliphatic carbocycles. The van der Waals surface area contributed by atoms with Crippen molar-refractivity contribution in [3.63, 3.8) is 0 Å². The van der Waals surface area contributed by atoms with E-state index in [9.17, 15) is 13.2 Å². The van der Waals surface area contributed by atoms with Crippen molar-refractivity contribution >= 4 is 22.1 Å². The maximum Gasteiger partial charge on any atom is 0.255 e. The summed E-state index contributed by atoms with van der Waals surface area (Å²) >= 11 is 0. The maximum atomic E-state index is 12.3. The van der Waals surface area contributed by atoms with Crippen molar-refractivity contribution in [3.8, 4) is 5.75 Å². The molecule has 2 aromatic rings. The number of sulfonamides is 1. The van der Waals surface area contributed by atoms with Gasteiger partial charge in [-0.25, -0.2) is 13.8 Å². The van der Waals surface area contributed by atoms with E-state index in [1.807, 2.05) is 0 Å². The molecule has 0 radical (unpaired) electrons. The molecular weight excluding hydrogens is 330 g/mol. The second-order valence-corrected chi connectivity index (χ2v) is 7.00. The van der Waals surface area contributed by atoms with Crippen molar-refractivity contribution in [1.82, 2.24) is 9.73 Å². The van der Waals surface area contributed by atoms with Crippen LogP contribution in [0.1, 0.15) is 5.56 Å². The van der Waals surface area contributed by atoms with Gasteiger partial charge in [0.25, 0.3) is 5.91 Å².